The summed E-state index contributed by atoms with van der Waals surface area (Å²) in [6.45, 7) is 0.0602. The second-order valence-corrected chi connectivity index (χ2v) is 13.0. The fourth-order valence-corrected chi connectivity index (χ4v) is 6.31. The molecule has 0 bridgehead atoms. The molecule has 0 aromatic rings. The smallest absolute Gasteiger partial charge is 0.187 e. The molecule has 3 aliphatic rings. The first-order valence-electron chi connectivity index (χ1n) is 17.1. The number of hydrogen-bond donors (Lipinski definition) is 11. The van der Waals surface area contributed by atoms with Crippen molar-refractivity contribution >= 4 is 0 Å². The molecule has 48 heavy (non-hydrogen) atoms. The van der Waals surface area contributed by atoms with Crippen LogP contribution in [0.5, 0.6) is 0 Å². The Hall–Kier alpha value is -0.680. The lowest BCUT2D eigenvalue weighted by atomic mass is 9.81. The Morgan fingerprint density at radius 1 is 0.688 bits per heavy atom. The molecule has 0 radical (unpaired) electrons. The topological polar surface area (TPSA) is 278 Å². The Kier molecular flexibility index (Phi) is 18.3. The average Bonchev–Trinajstić information content (AvgIpc) is 3.07. The van der Waals surface area contributed by atoms with Crippen LogP contribution in [0.2, 0.25) is 0 Å². The summed E-state index contributed by atoms with van der Waals surface area (Å²) in [6.07, 6.45) is -15.3. The van der Waals surface area contributed by atoms with Gasteiger partial charge in [0.15, 0.2) is 12.6 Å². The van der Waals surface area contributed by atoms with Crippen LogP contribution < -0.4 is 0 Å². The molecule has 0 amide bonds. The first-order chi connectivity index (χ1) is 22.9. The third-order valence-electron chi connectivity index (χ3n) is 9.29. The van der Waals surface area contributed by atoms with Gasteiger partial charge < -0.3 is 84.6 Å². The SMILES string of the molecule is CCCCCCCCC(O)COC[C@H]1O[C@H](O)C(O)C(O)[C@@H]1O[C@@H]1OC(CO[C@@H]2CC(CO)[C@H](O)[C@H](O)C2O)[C@H](O)[C@H](O)C1OCCO. The largest absolute Gasteiger partial charge is 0.396 e. The Morgan fingerprint density at radius 3 is 2.06 bits per heavy atom. The molecule has 1 aliphatic carbocycles. The normalized spacial score (nSPS) is 41.4. The maximum absolute atomic E-state index is 11.0. The lowest BCUT2D eigenvalue weighted by Gasteiger charge is -2.47. The molecule has 3 fully saturated rings. The number of ether oxygens (including phenoxy) is 6. The van der Waals surface area contributed by atoms with Gasteiger partial charge in [0.2, 0.25) is 0 Å². The number of rotatable bonds is 20. The molecule has 284 valence electrons. The van der Waals surface area contributed by atoms with Crippen molar-refractivity contribution in [2.45, 2.75) is 150 Å². The zero-order valence-corrected chi connectivity index (χ0v) is 27.5. The number of aliphatic hydroxyl groups is 11. The molecule has 16 atom stereocenters. The van der Waals surface area contributed by atoms with Crippen LogP contribution in [0.1, 0.15) is 58.3 Å². The molecular formula is C31H58O17. The van der Waals surface area contributed by atoms with E-state index in [1.54, 1.807) is 0 Å². The van der Waals surface area contributed by atoms with Gasteiger partial charge in [0.05, 0.1) is 51.3 Å². The summed E-state index contributed by atoms with van der Waals surface area (Å²) in [5, 5.41) is 113. The van der Waals surface area contributed by atoms with Gasteiger partial charge in [0, 0.05) is 12.5 Å². The third kappa shape index (κ3) is 11.4. The van der Waals surface area contributed by atoms with E-state index in [1.165, 1.54) is 6.42 Å². The van der Waals surface area contributed by atoms with Crippen molar-refractivity contribution in [3.05, 3.63) is 0 Å². The zero-order valence-electron chi connectivity index (χ0n) is 27.5. The van der Waals surface area contributed by atoms with Crippen molar-refractivity contribution < 1.29 is 84.6 Å². The molecule has 3 rings (SSSR count). The molecule has 7 unspecified atom stereocenters. The highest BCUT2D eigenvalue weighted by Crippen LogP contribution is 2.32. The molecule has 11 N–H and O–H groups in total. The molecule has 17 nitrogen and oxygen atoms in total. The van der Waals surface area contributed by atoms with E-state index in [9.17, 15) is 56.2 Å². The van der Waals surface area contributed by atoms with Crippen molar-refractivity contribution in [2.24, 2.45) is 5.92 Å². The fraction of sp³-hybridized carbons (Fsp3) is 1.00. The van der Waals surface area contributed by atoms with Gasteiger partial charge in [0.25, 0.3) is 0 Å². The van der Waals surface area contributed by atoms with E-state index < -0.39 is 118 Å². The molecule has 1 saturated carbocycles. The van der Waals surface area contributed by atoms with E-state index in [1.807, 2.05) is 0 Å². The van der Waals surface area contributed by atoms with E-state index in [-0.39, 0.29) is 26.2 Å². The quantitative estimate of drug-likeness (QED) is 0.0544. The predicted octanol–water partition coefficient (Wildman–Crippen LogP) is -3.76. The molecule has 17 heteroatoms. The minimum Gasteiger partial charge on any atom is -0.396 e. The molecule has 0 aromatic carbocycles. The minimum atomic E-state index is -1.81. The monoisotopic (exact) mass is 702 g/mol. The maximum Gasteiger partial charge on any atom is 0.187 e. The number of unbranched alkanes of at least 4 members (excludes halogenated alkanes) is 5. The second-order valence-electron chi connectivity index (χ2n) is 13.0. The van der Waals surface area contributed by atoms with Crippen molar-refractivity contribution in [3.8, 4) is 0 Å². The van der Waals surface area contributed by atoms with E-state index in [4.69, 9.17) is 28.4 Å². The predicted molar refractivity (Wildman–Crippen MR) is 163 cm³/mol. The Balaban J connectivity index is 1.66. The number of hydrogen-bond acceptors (Lipinski definition) is 17. The second kappa shape index (κ2) is 21.0. The third-order valence-corrected chi connectivity index (χ3v) is 9.29. The van der Waals surface area contributed by atoms with Crippen molar-refractivity contribution in [1.29, 1.82) is 0 Å². The molecule has 2 aliphatic heterocycles. The van der Waals surface area contributed by atoms with Crippen LogP contribution in [0.15, 0.2) is 0 Å². The summed E-state index contributed by atoms with van der Waals surface area (Å²) in [4.78, 5) is 0. The Morgan fingerprint density at radius 2 is 1.38 bits per heavy atom. The number of aliphatic hydroxyl groups excluding tert-OH is 11. The standard InChI is InChI=1S/C31H58O17/c1-2-3-4-5-6-7-8-17(34)13-43-14-20-28(26(40)27(41)30(42)46-20)48-31-29(44-10-9-32)25(39)23(37)19(47-31)15-45-18-11-16(12-33)21(35)24(38)22(18)36/h16-42H,2-15H2,1H3/t16?,17?,18-,19?,20-,21+,22?,23+,24+,25+,26?,27?,28-,29?,30+,31+/m1/s1. The van der Waals surface area contributed by atoms with Crippen LogP contribution in [0.3, 0.4) is 0 Å². The van der Waals surface area contributed by atoms with Crippen molar-refractivity contribution in [1.82, 2.24) is 0 Å². The van der Waals surface area contributed by atoms with E-state index in [0.717, 1.165) is 32.1 Å². The zero-order chi connectivity index (χ0) is 35.4. The Bertz CT molecular complexity index is 871. The van der Waals surface area contributed by atoms with Crippen molar-refractivity contribution in [2.75, 3.05) is 39.6 Å². The van der Waals surface area contributed by atoms with Gasteiger partial charge in [0.1, 0.15) is 61.0 Å². The first-order valence-corrected chi connectivity index (χ1v) is 17.1. The highest BCUT2D eigenvalue weighted by atomic mass is 16.7. The lowest BCUT2D eigenvalue weighted by Crippen LogP contribution is -2.65. The van der Waals surface area contributed by atoms with Crippen LogP contribution in [-0.2, 0) is 28.4 Å². The van der Waals surface area contributed by atoms with E-state index in [0.29, 0.717) is 6.42 Å². The van der Waals surface area contributed by atoms with Gasteiger partial charge in [-0.2, -0.15) is 0 Å². The lowest BCUT2D eigenvalue weighted by molar-refractivity contribution is -0.362. The highest BCUT2D eigenvalue weighted by Gasteiger charge is 2.52. The average molecular weight is 703 g/mol. The first kappa shape index (κ1) is 41.7. The minimum absolute atomic E-state index is 0.0371. The van der Waals surface area contributed by atoms with E-state index >= 15 is 0 Å². The highest BCUT2D eigenvalue weighted by molar-refractivity contribution is 4.96. The molecular weight excluding hydrogens is 644 g/mol. The summed E-state index contributed by atoms with van der Waals surface area (Å²) in [7, 11) is 0. The van der Waals surface area contributed by atoms with Crippen LogP contribution >= 0.6 is 0 Å². The van der Waals surface area contributed by atoms with Crippen molar-refractivity contribution in [3.63, 3.8) is 0 Å². The summed E-state index contributed by atoms with van der Waals surface area (Å²) < 4.78 is 34.2. The molecule has 0 aromatic heterocycles. The summed E-state index contributed by atoms with van der Waals surface area (Å²) in [5.74, 6) is -0.797. The van der Waals surface area contributed by atoms with Gasteiger partial charge in [-0.1, -0.05) is 45.4 Å². The summed E-state index contributed by atoms with van der Waals surface area (Å²) in [6, 6.07) is 0. The van der Waals surface area contributed by atoms with Gasteiger partial charge in [-0.05, 0) is 12.8 Å². The van der Waals surface area contributed by atoms with Crippen LogP contribution in [-0.4, -0.2) is 188 Å². The van der Waals surface area contributed by atoms with Gasteiger partial charge >= 0.3 is 0 Å². The van der Waals surface area contributed by atoms with Crippen LogP contribution in [0, 0.1) is 5.92 Å². The molecule has 0 spiro atoms. The summed E-state index contributed by atoms with van der Waals surface area (Å²) in [5.41, 5.74) is 0. The van der Waals surface area contributed by atoms with Gasteiger partial charge in [-0.25, -0.2) is 0 Å². The van der Waals surface area contributed by atoms with Crippen LogP contribution in [0.4, 0.5) is 0 Å². The van der Waals surface area contributed by atoms with Gasteiger partial charge in [-0.15, -0.1) is 0 Å². The fourth-order valence-electron chi connectivity index (χ4n) is 6.31. The molecule has 2 saturated heterocycles. The van der Waals surface area contributed by atoms with Gasteiger partial charge in [-0.3, -0.25) is 0 Å². The van der Waals surface area contributed by atoms with E-state index in [2.05, 4.69) is 6.92 Å². The summed E-state index contributed by atoms with van der Waals surface area (Å²) >= 11 is 0. The molecule has 2 heterocycles. The van der Waals surface area contributed by atoms with Crippen LogP contribution in [0.25, 0.3) is 0 Å². The maximum atomic E-state index is 11.0. The Labute approximate surface area is 280 Å².